The number of carbonyl (C=O) groups excluding carboxylic acids is 3. The van der Waals surface area contributed by atoms with E-state index in [4.69, 9.17) is 4.74 Å². The van der Waals surface area contributed by atoms with Crippen molar-refractivity contribution in [3.8, 4) is 0 Å². The number of nitrogens with one attached hydrogen (secondary N) is 2. The van der Waals surface area contributed by atoms with Crippen molar-refractivity contribution in [2.75, 3.05) is 6.61 Å². The summed E-state index contributed by atoms with van der Waals surface area (Å²) in [6.45, 7) is 0.994. The Bertz CT molecular complexity index is 980. The molecular weight excluding hydrogens is 368 g/mol. The molecule has 0 unspecified atom stereocenters. The fraction of sp³-hybridized carbons (Fsp3) is 0.174. The van der Waals surface area contributed by atoms with E-state index in [0.29, 0.717) is 12.0 Å². The first-order valence-electron chi connectivity index (χ1n) is 9.27. The molecular formula is C23H22N2O4. The van der Waals surface area contributed by atoms with Gasteiger partial charge in [0.1, 0.15) is 5.69 Å². The van der Waals surface area contributed by atoms with Crippen LogP contribution in [0.5, 0.6) is 0 Å². The van der Waals surface area contributed by atoms with Crippen LogP contribution in [-0.2, 0) is 16.0 Å². The van der Waals surface area contributed by atoms with E-state index in [1.54, 1.807) is 0 Å². The first kappa shape index (κ1) is 20.1. The summed E-state index contributed by atoms with van der Waals surface area (Å²) in [5.74, 6) is -1.25. The molecule has 0 saturated carbocycles. The third-order valence-corrected chi connectivity index (χ3v) is 4.46. The minimum atomic E-state index is -0.688. The minimum Gasteiger partial charge on any atom is -0.451 e. The molecule has 1 heterocycles. The SMILES string of the molecule is CC(=O)c1c[nH]c(C(=O)OCC(=O)N[C@H](Cc2ccccc2)c2ccccc2)c1. The van der Waals surface area contributed by atoms with E-state index in [-0.39, 0.29) is 17.5 Å². The average Bonchev–Trinajstić information content (AvgIpc) is 3.24. The molecule has 148 valence electrons. The van der Waals surface area contributed by atoms with Crippen LogP contribution >= 0.6 is 0 Å². The molecule has 0 spiro atoms. The number of ether oxygens (including phenoxy) is 1. The second kappa shape index (κ2) is 9.50. The third kappa shape index (κ3) is 5.65. The number of hydrogen-bond acceptors (Lipinski definition) is 4. The molecule has 3 aromatic rings. The molecule has 0 fully saturated rings. The van der Waals surface area contributed by atoms with Gasteiger partial charge in [0.05, 0.1) is 6.04 Å². The second-order valence-electron chi connectivity index (χ2n) is 6.65. The highest BCUT2D eigenvalue weighted by Gasteiger charge is 2.18. The standard InChI is InChI=1S/C23H22N2O4/c1-16(26)19-13-21(24-14-19)23(28)29-15-22(27)25-20(18-10-6-3-7-11-18)12-17-8-4-2-5-9-17/h2-11,13-14,20,24H,12,15H2,1H3,(H,25,27)/t20-/m1/s1. The van der Waals surface area contributed by atoms with Gasteiger partial charge in [-0.15, -0.1) is 0 Å². The maximum atomic E-state index is 12.4. The number of amides is 1. The molecule has 0 radical (unpaired) electrons. The highest BCUT2D eigenvalue weighted by molar-refractivity contribution is 5.97. The van der Waals surface area contributed by atoms with E-state index in [9.17, 15) is 14.4 Å². The van der Waals surface area contributed by atoms with Gasteiger partial charge in [0, 0.05) is 11.8 Å². The van der Waals surface area contributed by atoms with Crippen LogP contribution in [0.1, 0.15) is 44.9 Å². The Morgan fingerprint density at radius 2 is 1.66 bits per heavy atom. The summed E-state index contributed by atoms with van der Waals surface area (Å²) < 4.78 is 5.08. The molecule has 0 saturated heterocycles. The first-order chi connectivity index (χ1) is 14.0. The molecule has 6 nitrogen and oxygen atoms in total. The quantitative estimate of drug-likeness (QED) is 0.455. The molecule has 3 rings (SSSR count). The van der Waals surface area contributed by atoms with E-state index < -0.39 is 18.5 Å². The predicted octanol–water partition coefficient (Wildman–Crippen LogP) is 3.47. The third-order valence-electron chi connectivity index (χ3n) is 4.46. The van der Waals surface area contributed by atoms with Crippen molar-refractivity contribution in [2.45, 2.75) is 19.4 Å². The maximum Gasteiger partial charge on any atom is 0.355 e. The Morgan fingerprint density at radius 1 is 1.00 bits per heavy atom. The topological polar surface area (TPSA) is 88.3 Å². The maximum absolute atomic E-state index is 12.4. The first-order valence-corrected chi connectivity index (χ1v) is 9.27. The zero-order chi connectivity index (χ0) is 20.6. The van der Waals surface area contributed by atoms with E-state index in [0.717, 1.165) is 11.1 Å². The molecule has 6 heteroatoms. The molecule has 0 bridgehead atoms. The molecule has 29 heavy (non-hydrogen) atoms. The van der Waals surface area contributed by atoms with Gasteiger partial charge in [0.15, 0.2) is 12.4 Å². The normalized spacial score (nSPS) is 11.5. The highest BCUT2D eigenvalue weighted by Crippen LogP contribution is 2.18. The second-order valence-corrected chi connectivity index (χ2v) is 6.65. The molecule has 0 aliphatic rings. The van der Waals surface area contributed by atoms with Crippen LogP contribution < -0.4 is 5.32 Å². The summed E-state index contributed by atoms with van der Waals surface area (Å²) in [5.41, 5.74) is 2.56. The number of ketones is 1. The van der Waals surface area contributed by atoms with Gasteiger partial charge in [0.2, 0.25) is 0 Å². The summed E-state index contributed by atoms with van der Waals surface area (Å²) >= 11 is 0. The van der Waals surface area contributed by atoms with Crippen molar-refractivity contribution in [2.24, 2.45) is 0 Å². The van der Waals surface area contributed by atoms with Crippen LogP contribution in [0.2, 0.25) is 0 Å². The lowest BCUT2D eigenvalue weighted by molar-refractivity contribution is -0.125. The van der Waals surface area contributed by atoms with Crippen LogP contribution in [0.3, 0.4) is 0 Å². The number of benzene rings is 2. The highest BCUT2D eigenvalue weighted by atomic mass is 16.5. The fourth-order valence-corrected chi connectivity index (χ4v) is 2.95. The van der Waals surface area contributed by atoms with Crippen LogP contribution in [0.4, 0.5) is 0 Å². The van der Waals surface area contributed by atoms with Gasteiger partial charge in [-0.05, 0) is 30.5 Å². The van der Waals surface area contributed by atoms with E-state index in [2.05, 4.69) is 10.3 Å². The number of hydrogen-bond donors (Lipinski definition) is 2. The molecule has 2 aromatic carbocycles. The van der Waals surface area contributed by atoms with Crippen molar-refractivity contribution in [3.63, 3.8) is 0 Å². The van der Waals surface area contributed by atoms with Crippen molar-refractivity contribution in [3.05, 3.63) is 95.3 Å². The zero-order valence-corrected chi connectivity index (χ0v) is 16.1. The molecule has 0 aliphatic carbocycles. The van der Waals surface area contributed by atoms with Crippen molar-refractivity contribution >= 4 is 17.7 Å². The summed E-state index contributed by atoms with van der Waals surface area (Å²) in [6.07, 6.45) is 2.05. The number of aromatic nitrogens is 1. The van der Waals surface area contributed by atoms with Gasteiger partial charge in [-0.3, -0.25) is 9.59 Å². The Balaban J connectivity index is 1.62. The lowest BCUT2D eigenvalue weighted by Gasteiger charge is -2.19. The predicted molar refractivity (Wildman–Crippen MR) is 109 cm³/mol. The van der Waals surface area contributed by atoms with Gasteiger partial charge in [0.25, 0.3) is 5.91 Å². The average molecular weight is 390 g/mol. The monoisotopic (exact) mass is 390 g/mol. The summed E-state index contributed by atoms with van der Waals surface area (Å²) in [7, 11) is 0. The van der Waals surface area contributed by atoms with Crippen LogP contribution in [-0.4, -0.2) is 29.3 Å². The van der Waals surface area contributed by atoms with Crippen LogP contribution in [0, 0.1) is 0 Å². The van der Waals surface area contributed by atoms with Gasteiger partial charge in [-0.1, -0.05) is 60.7 Å². The number of aromatic amines is 1. The van der Waals surface area contributed by atoms with Crippen LogP contribution in [0.25, 0.3) is 0 Å². The summed E-state index contributed by atoms with van der Waals surface area (Å²) in [4.78, 5) is 38.5. The molecule has 1 atom stereocenters. The smallest absolute Gasteiger partial charge is 0.355 e. The van der Waals surface area contributed by atoms with Crippen molar-refractivity contribution in [1.29, 1.82) is 0 Å². The number of rotatable bonds is 8. The largest absolute Gasteiger partial charge is 0.451 e. The Labute approximate surface area is 168 Å². The van der Waals surface area contributed by atoms with E-state index in [1.165, 1.54) is 19.2 Å². The minimum absolute atomic E-state index is 0.131. The molecule has 1 amide bonds. The molecule has 1 aromatic heterocycles. The van der Waals surface area contributed by atoms with Gasteiger partial charge < -0.3 is 15.0 Å². The van der Waals surface area contributed by atoms with Gasteiger partial charge in [-0.2, -0.15) is 0 Å². The van der Waals surface area contributed by atoms with Gasteiger partial charge in [-0.25, -0.2) is 4.79 Å². The zero-order valence-electron chi connectivity index (χ0n) is 16.1. The Hall–Kier alpha value is -3.67. The lowest BCUT2D eigenvalue weighted by atomic mass is 9.99. The number of carbonyl (C=O) groups is 3. The number of H-pyrrole nitrogens is 1. The Morgan fingerprint density at radius 3 is 2.28 bits per heavy atom. The molecule has 2 N–H and O–H groups in total. The summed E-state index contributed by atoms with van der Waals surface area (Å²) in [5, 5.41) is 2.93. The summed E-state index contributed by atoms with van der Waals surface area (Å²) in [6, 6.07) is 20.6. The van der Waals surface area contributed by atoms with Crippen molar-refractivity contribution in [1.82, 2.24) is 10.3 Å². The van der Waals surface area contributed by atoms with E-state index >= 15 is 0 Å². The van der Waals surface area contributed by atoms with E-state index in [1.807, 2.05) is 60.7 Å². The van der Waals surface area contributed by atoms with Crippen molar-refractivity contribution < 1.29 is 19.1 Å². The number of esters is 1. The lowest BCUT2D eigenvalue weighted by Crippen LogP contribution is -2.33. The van der Waals surface area contributed by atoms with Crippen LogP contribution in [0.15, 0.2) is 72.9 Å². The van der Waals surface area contributed by atoms with Gasteiger partial charge >= 0.3 is 5.97 Å². The fourth-order valence-electron chi connectivity index (χ4n) is 2.95. The Kier molecular flexibility index (Phi) is 6.58. The molecule has 0 aliphatic heterocycles. The number of Topliss-reactive ketones (excluding diaryl/α,β-unsaturated/α-hetero) is 1.